The third-order valence-electron chi connectivity index (χ3n) is 7.07. The minimum atomic E-state index is -0.746. The van der Waals surface area contributed by atoms with Crippen molar-refractivity contribution in [3.63, 3.8) is 0 Å². The highest BCUT2D eigenvalue weighted by atomic mass is 16.6. The van der Waals surface area contributed by atoms with E-state index in [9.17, 15) is 10.2 Å². The molecule has 134 valence electrons. The minimum Gasteiger partial charge on any atom is -0.390 e. The molecule has 4 saturated carbocycles. The molecule has 4 rings (SSSR count). The van der Waals surface area contributed by atoms with Crippen LogP contribution in [-0.2, 0) is 4.74 Å². The number of rotatable bonds is 6. The van der Waals surface area contributed by atoms with Gasteiger partial charge in [-0.05, 0) is 62.2 Å². The average Bonchev–Trinajstić information content (AvgIpc) is 2.33. The fraction of sp³-hybridized carbons (Fsp3) is 1.00. The molecule has 0 aromatic heterocycles. The zero-order valence-corrected chi connectivity index (χ0v) is 15.6. The van der Waals surface area contributed by atoms with Crippen LogP contribution < -0.4 is 0 Å². The predicted octanol–water partition coefficient (Wildman–Crippen LogP) is 4.11. The highest BCUT2D eigenvalue weighted by Crippen LogP contribution is 2.59. The van der Waals surface area contributed by atoms with E-state index in [-0.39, 0.29) is 11.0 Å². The standard InChI is InChI=1S/C20H36O3/c1-13(2)7-18(5,14(3)4)17(21)23-20-10-15-6-16(11-20)9-19(22,8-15)12-20/h13-17,21-22H,6-12H2,1-5H3. The average molecular weight is 325 g/mol. The highest BCUT2D eigenvalue weighted by molar-refractivity contribution is 5.10. The molecule has 0 aromatic carbocycles. The van der Waals surface area contributed by atoms with Gasteiger partial charge in [-0.15, -0.1) is 0 Å². The van der Waals surface area contributed by atoms with Crippen LogP contribution in [0.5, 0.6) is 0 Å². The van der Waals surface area contributed by atoms with Crippen LogP contribution in [0.1, 0.15) is 79.6 Å². The Bertz CT molecular complexity index is 430. The van der Waals surface area contributed by atoms with Gasteiger partial charge in [0, 0.05) is 11.8 Å². The SMILES string of the molecule is CC(C)CC(C)(C(C)C)C(O)OC12CC3CC(CC(O)(C3)C1)C2. The van der Waals surface area contributed by atoms with E-state index in [1.165, 1.54) is 6.42 Å². The first kappa shape index (κ1) is 17.7. The van der Waals surface area contributed by atoms with Crippen LogP contribution >= 0.6 is 0 Å². The zero-order chi connectivity index (χ0) is 17.0. The molecule has 0 amide bonds. The third kappa shape index (κ3) is 3.21. The molecule has 0 aromatic rings. The molecule has 4 fully saturated rings. The normalized spacial score (nSPS) is 43.2. The molecule has 4 atom stereocenters. The molecule has 3 nitrogen and oxygen atoms in total. The van der Waals surface area contributed by atoms with Crippen molar-refractivity contribution < 1.29 is 14.9 Å². The second-order valence-electron chi connectivity index (χ2n) is 10.1. The predicted molar refractivity (Wildman–Crippen MR) is 91.9 cm³/mol. The van der Waals surface area contributed by atoms with Crippen molar-refractivity contribution in [2.75, 3.05) is 0 Å². The van der Waals surface area contributed by atoms with Crippen molar-refractivity contribution in [3.8, 4) is 0 Å². The van der Waals surface area contributed by atoms with Gasteiger partial charge in [0.05, 0.1) is 11.2 Å². The van der Waals surface area contributed by atoms with E-state index >= 15 is 0 Å². The van der Waals surface area contributed by atoms with Gasteiger partial charge in [-0.1, -0.05) is 34.6 Å². The van der Waals surface area contributed by atoms with Crippen LogP contribution in [0.4, 0.5) is 0 Å². The molecule has 23 heavy (non-hydrogen) atoms. The lowest BCUT2D eigenvalue weighted by Gasteiger charge is -2.60. The second-order valence-corrected chi connectivity index (χ2v) is 10.1. The highest BCUT2D eigenvalue weighted by Gasteiger charge is 2.59. The van der Waals surface area contributed by atoms with Crippen molar-refractivity contribution >= 4 is 0 Å². The molecule has 4 aliphatic carbocycles. The van der Waals surface area contributed by atoms with Crippen LogP contribution in [0.3, 0.4) is 0 Å². The van der Waals surface area contributed by atoms with E-state index in [0.717, 1.165) is 38.5 Å². The molecule has 0 heterocycles. The molecule has 4 aliphatic rings. The maximum atomic E-state index is 11.0. The molecule has 0 aliphatic heterocycles. The molecule has 0 saturated heterocycles. The van der Waals surface area contributed by atoms with E-state index in [4.69, 9.17) is 4.74 Å². The van der Waals surface area contributed by atoms with Gasteiger partial charge in [-0.2, -0.15) is 0 Å². The Balaban J connectivity index is 1.77. The maximum absolute atomic E-state index is 11.0. The lowest BCUT2D eigenvalue weighted by molar-refractivity contribution is -0.301. The smallest absolute Gasteiger partial charge is 0.160 e. The molecule has 4 unspecified atom stereocenters. The Morgan fingerprint density at radius 3 is 2.09 bits per heavy atom. The van der Waals surface area contributed by atoms with Crippen LogP contribution in [0.2, 0.25) is 0 Å². The summed E-state index contributed by atoms with van der Waals surface area (Å²) in [6, 6.07) is 0. The summed E-state index contributed by atoms with van der Waals surface area (Å²) in [6.45, 7) is 10.9. The van der Waals surface area contributed by atoms with Gasteiger partial charge in [-0.25, -0.2) is 0 Å². The van der Waals surface area contributed by atoms with Gasteiger partial charge in [0.25, 0.3) is 0 Å². The van der Waals surface area contributed by atoms with Crippen molar-refractivity contribution in [2.24, 2.45) is 29.1 Å². The maximum Gasteiger partial charge on any atom is 0.160 e. The summed E-state index contributed by atoms with van der Waals surface area (Å²) in [5.41, 5.74) is -1.05. The van der Waals surface area contributed by atoms with E-state index in [0.29, 0.717) is 23.7 Å². The summed E-state index contributed by atoms with van der Waals surface area (Å²) in [6.07, 6.45) is 6.12. The van der Waals surface area contributed by atoms with Gasteiger partial charge in [0.1, 0.15) is 0 Å². The molecule has 2 N–H and O–H groups in total. The number of aliphatic hydroxyl groups excluding tert-OH is 1. The summed E-state index contributed by atoms with van der Waals surface area (Å²) in [5.74, 6) is 2.06. The largest absolute Gasteiger partial charge is 0.390 e. The monoisotopic (exact) mass is 324 g/mol. The van der Waals surface area contributed by atoms with Crippen molar-refractivity contribution in [1.82, 2.24) is 0 Å². The lowest BCUT2D eigenvalue weighted by atomic mass is 9.52. The first-order valence-corrected chi connectivity index (χ1v) is 9.64. The van der Waals surface area contributed by atoms with E-state index in [2.05, 4.69) is 34.6 Å². The summed E-state index contributed by atoms with van der Waals surface area (Å²) in [4.78, 5) is 0. The Labute approximate surface area is 141 Å². The first-order chi connectivity index (χ1) is 10.6. The van der Waals surface area contributed by atoms with Gasteiger partial charge >= 0.3 is 0 Å². The zero-order valence-electron chi connectivity index (χ0n) is 15.6. The summed E-state index contributed by atoms with van der Waals surface area (Å²) in [5, 5.41) is 21.9. The van der Waals surface area contributed by atoms with Crippen LogP contribution in [-0.4, -0.2) is 27.7 Å². The Morgan fingerprint density at radius 1 is 1.09 bits per heavy atom. The number of ether oxygens (including phenoxy) is 1. The molecule has 0 spiro atoms. The van der Waals surface area contributed by atoms with Gasteiger partial charge in [-0.3, -0.25) is 0 Å². The third-order valence-corrected chi connectivity index (χ3v) is 7.07. The lowest BCUT2D eigenvalue weighted by Crippen LogP contribution is -2.61. The minimum absolute atomic E-state index is 0.236. The van der Waals surface area contributed by atoms with E-state index < -0.39 is 11.9 Å². The Hall–Kier alpha value is -0.120. The summed E-state index contributed by atoms with van der Waals surface area (Å²) in [7, 11) is 0. The summed E-state index contributed by atoms with van der Waals surface area (Å²) >= 11 is 0. The van der Waals surface area contributed by atoms with Crippen LogP contribution in [0.25, 0.3) is 0 Å². The number of hydrogen-bond acceptors (Lipinski definition) is 3. The van der Waals surface area contributed by atoms with Crippen LogP contribution in [0.15, 0.2) is 0 Å². The van der Waals surface area contributed by atoms with Gasteiger partial charge in [0.15, 0.2) is 6.29 Å². The van der Waals surface area contributed by atoms with Gasteiger partial charge in [0.2, 0.25) is 0 Å². The van der Waals surface area contributed by atoms with Crippen molar-refractivity contribution in [3.05, 3.63) is 0 Å². The molecule has 0 radical (unpaired) electrons. The van der Waals surface area contributed by atoms with Crippen LogP contribution in [0, 0.1) is 29.1 Å². The fourth-order valence-corrected chi connectivity index (χ4v) is 6.14. The molecular weight excluding hydrogens is 288 g/mol. The molecule has 4 bridgehead atoms. The second kappa shape index (κ2) is 5.71. The molecule has 3 heteroatoms. The molecular formula is C20H36O3. The fourth-order valence-electron chi connectivity index (χ4n) is 6.14. The Morgan fingerprint density at radius 2 is 1.65 bits per heavy atom. The summed E-state index contributed by atoms with van der Waals surface area (Å²) < 4.78 is 6.44. The van der Waals surface area contributed by atoms with E-state index in [1.54, 1.807) is 0 Å². The Kier molecular flexibility index (Phi) is 4.39. The van der Waals surface area contributed by atoms with Crippen molar-refractivity contribution in [2.45, 2.75) is 97.1 Å². The van der Waals surface area contributed by atoms with Gasteiger partial charge < -0.3 is 14.9 Å². The number of aliphatic hydroxyl groups is 2. The van der Waals surface area contributed by atoms with Crippen molar-refractivity contribution in [1.29, 1.82) is 0 Å². The quantitative estimate of drug-likeness (QED) is 0.723. The topological polar surface area (TPSA) is 49.7 Å². The number of hydrogen-bond donors (Lipinski definition) is 2. The van der Waals surface area contributed by atoms with E-state index in [1.807, 2.05) is 0 Å². The first-order valence-electron chi connectivity index (χ1n) is 9.64.